The second kappa shape index (κ2) is 8.46. The normalized spacial score (nSPS) is 15.9. The number of nitrogens with zero attached hydrogens (tertiary/aromatic N) is 4. The molecule has 5 heteroatoms. The van der Waals surface area contributed by atoms with E-state index in [9.17, 15) is 0 Å². The molecular weight excluding hydrogens is 336 g/mol. The molecule has 0 unspecified atom stereocenters. The van der Waals surface area contributed by atoms with E-state index in [1.165, 1.54) is 10.9 Å². The molecule has 0 bridgehead atoms. The van der Waals surface area contributed by atoms with Gasteiger partial charge in [-0.15, -0.1) is 0 Å². The highest BCUT2D eigenvalue weighted by molar-refractivity contribution is 5.87. The molecule has 0 amide bonds. The molecule has 2 aromatic heterocycles. The van der Waals surface area contributed by atoms with Crippen molar-refractivity contribution >= 4 is 10.9 Å². The standard InChI is InChI=1S/C22H26N4O/c1-2-25-12-14-26(15-13-25)16-18-8-9-21(22-20(18)7-5-11-24-22)27-17-19-6-3-4-10-23-19/h3-11H,2,12-17H2,1H3. The fourth-order valence-corrected chi connectivity index (χ4v) is 3.60. The molecule has 0 radical (unpaired) electrons. The van der Waals surface area contributed by atoms with Gasteiger partial charge in [-0.1, -0.05) is 25.1 Å². The Balaban J connectivity index is 1.52. The summed E-state index contributed by atoms with van der Waals surface area (Å²) in [5.74, 6) is 0.816. The number of ether oxygens (including phenoxy) is 1. The average Bonchev–Trinajstić information content (AvgIpc) is 2.74. The summed E-state index contributed by atoms with van der Waals surface area (Å²) in [5.41, 5.74) is 3.16. The van der Waals surface area contributed by atoms with Crippen molar-refractivity contribution in [3.8, 4) is 5.75 Å². The summed E-state index contributed by atoms with van der Waals surface area (Å²) in [7, 11) is 0. The van der Waals surface area contributed by atoms with E-state index >= 15 is 0 Å². The summed E-state index contributed by atoms with van der Waals surface area (Å²) in [5, 5.41) is 1.17. The van der Waals surface area contributed by atoms with Gasteiger partial charge in [-0.3, -0.25) is 14.9 Å². The monoisotopic (exact) mass is 362 g/mol. The topological polar surface area (TPSA) is 41.5 Å². The number of piperazine rings is 1. The van der Waals surface area contributed by atoms with Crippen LogP contribution in [0.3, 0.4) is 0 Å². The molecule has 5 nitrogen and oxygen atoms in total. The molecule has 1 aromatic carbocycles. The fourth-order valence-electron chi connectivity index (χ4n) is 3.60. The molecule has 0 aliphatic carbocycles. The number of hydrogen-bond acceptors (Lipinski definition) is 5. The Morgan fingerprint density at radius 3 is 2.48 bits per heavy atom. The number of likely N-dealkylation sites (N-methyl/N-ethyl adjacent to an activating group) is 1. The summed E-state index contributed by atoms with van der Waals surface area (Å²) in [4.78, 5) is 14.0. The lowest BCUT2D eigenvalue weighted by atomic mass is 10.1. The van der Waals surface area contributed by atoms with E-state index in [0.29, 0.717) is 6.61 Å². The van der Waals surface area contributed by atoms with Crippen LogP contribution in [0, 0.1) is 0 Å². The van der Waals surface area contributed by atoms with E-state index < -0.39 is 0 Å². The number of fused-ring (bicyclic) bond motifs is 1. The lowest BCUT2D eigenvalue weighted by Gasteiger charge is -2.34. The highest BCUT2D eigenvalue weighted by Crippen LogP contribution is 2.28. The number of benzene rings is 1. The van der Waals surface area contributed by atoms with Crippen molar-refractivity contribution in [3.63, 3.8) is 0 Å². The third-order valence-corrected chi connectivity index (χ3v) is 5.23. The minimum Gasteiger partial charge on any atom is -0.485 e. The highest BCUT2D eigenvalue weighted by atomic mass is 16.5. The van der Waals surface area contributed by atoms with E-state index in [4.69, 9.17) is 4.74 Å². The zero-order valence-electron chi connectivity index (χ0n) is 15.8. The van der Waals surface area contributed by atoms with Gasteiger partial charge in [-0.05, 0) is 36.4 Å². The van der Waals surface area contributed by atoms with Crippen LogP contribution < -0.4 is 4.74 Å². The first kappa shape index (κ1) is 17.9. The summed E-state index contributed by atoms with van der Waals surface area (Å²) < 4.78 is 6.03. The van der Waals surface area contributed by atoms with Crippen LogP contribution >= 0.6 is 0 Å². The zero-order chi connectivity index (χ0) is 18.5. The number of aromatic nitrogens is 2. The highest BCUT2D eigenvalue weighted by Gasteiger charge is 2.17. The summed E-state index contributed by atoms with van der Waals surface area (Å²) >= 11 is 0. The van der Waals surface area contributed by atoms with Gasteiger partial charge in [-0.25, -0.2) is 0 Å². The molecular formula is C22H26N4O. The van der Waals surface area contributed by atoms with Gasteiger partial charge in [0.05, 0.1) is 5.69 Å². The Morgan fingerprint density at radius 2 is 1.70 bits per heavy atom. The quantitative estimate of drug-likeness (QED) is 0.673. The maximum absolute atomic E-state index is 6.03. The molecule has 0 atom stereocenters. The van der Waals surface area contributed by atoms with E-state index in [-0.39, 0.29) is 0 Å². The van der Waals surface area contributed by atoms with E-state index in [2.05, 4.69) is 44.9 Å². The predicted molar refractivity (Wildman–Crippen MR) is 108 cm³/mol. The van der Waals surface area contributed by atoms with Crippen molar-refractivity contribution in [3.05, 3.63) is 66.1 Å². The zero-order valence-corrected chi connectivity index (χ0v) is 15.8. The lowest BCUT2D eigenvalue weighted by Crippen LogP contribution is -2.45. The minimum atomic E-state index is 0.449. The van der Waals surface area contributed by atoms with Crippen molar-refractivity contribution in [2.24, 2.45) is 0 Å². The smallest absolute Gasteiger partial charge is 0.146 e. The molecule has 140 valence electrons. The van der Waals surface area contributed by atoms with Crippen molar-refractivity contribution in [1.29, 1.82) is 0 Å². The molecule has 3 heterocycles. The first-order chi connectivity index (χ1) is 13.3. The first-order valence-electron chi connectivity index (χ1n) is 9.67. The predicted octanol–water partition coefficient (Wildman–Crippen LogP) is 3.35. The molecule has 0 saturated carbocycles. The third kappa shape index (κ3) is 4.26. The van der Waals surface area contributed by atoms with Crippen molar-refractivity contribution in [2.75, 3.05) is 32.7 Å². The summed E-state index contributed by atoms with van der Waals surface area (Å²) in [6.45, 7) is 9.32. The number of pyridine rings is 2. The van der Waals surface area contributed by atoms with Gasteiger partial charge in [0.1, 0.15) is 17.9 Å². The van der Waals surface area contributed by atoms with E-state index in [0.717, 1.165) is 56.2 Å². The molecule has 3 aromatic rings. The van der Waals surface area contributed by atoms with Gasteiger partial charge in [0, 0.05) is 50.5 Å². The van der Waals surface area contributed by atoms with Gasteiger partial charge in [-0.2, -0.15) is 0 Å². The van der Waals surface area contributed by atoms with Gasteiger partial charge in [0.15, 0.2) is 0 Å². The second-order valence-electron chi connectivity index (χ2n) is 6.94. The van der Waals surface area contributed by atoms with Crippen LogP contribution in [0.2, 0.25) is 0 Å². The van der Waals surface area contributed by atoms with Crippen LogP contribution in [0.25, 0.3) is 10.9 Å². The molecule has 27 heavy (non-hydrogen) atoms. The maximum Gasteiger partial charge on any atom is 0.146 e. The van der Waals surface area contributed by atoms with Crippen molar-refractivity contribution < 1.29 is 4.74 Å². The summed E-state index contributed by atoms with van der Waals surface area (Å²) in [6.07, 6.45) is 3.62. The Bertz CT molecular complexity index is 876. The van der Waals surface area contributed by atoms with Gasteiger partial charge in [0.2, 0.25) is 0 Å². The molecule has 1 aliphatic heterocycles. The van der Waals surface area contributed by atoms with Crippen LogP contribution in [0.5, 0.6) is 5.75 Å². The molecule has 1 fully saturated rings. The largest absolute Gasteiger partial charge is 0.485 e. The number of rotatable bonds is 6. The SMILES string of the molecule is CCN1CCN(Cc2ccc(OCc3ccccn3)c3ncccc23)CC1. The van der Waals surface area contributed by atoms with Crippen LogP contribution in [0.4, 0.5) is 0 Å². The average molecular weight is 362 g/mol. The lowest BCUT2D eigenvalue weighted by molar-refractivity contribution is 0.132. The Kier molecular flexibility index (Phi) is 5.61. The van der Waals surface area contributed by atoms with E-state index in [1.54, 1.807) is 6.20 Å². The Labute approximate surface area is 160 Å². The van der Waals surface area contributed by atoms with Crippen LogP contribution in [0.1, 0.15) is 18.2 Å². The molecule has 0 spiro atoms. The van der Waals surface area contributed by atoms with Crippen LogP contribution in [-0.4, -0.2) is 52.5 Å². The van der Waals surface area contributed by atoms with Crippen LogP contribution in [-0.2, 0) is 13.2 Å². The maximum atomic E-state index is 6.03. The second-order valence-corrected chi connectivity index (χ2v) is 6.94. The first-order valence-corrected chi connectivity index (χ1v) is 9.67. The van der Waals surface area contributed by atoms with E-state index in [1.807, 2.05) is 30.5 Å². The van der Waals surface area contributed by atoms with Crippen molar-refractivity contribution in [2.45, 2.75) is 20.1 Å². The third-order valence-electron chi connectivity index (χ3n) is 5.23. The molecule has 1 saturated heterocycles. The molecule has 4 rings (SSSR count). The van der Waals surface area contributed by atoms with Gasteiger partial charge in [0.25, 0.3) is 0 Å². The van der Waals surface area contributed by atoms with Gasteiger partial charge < -0.3 is 9.64 Å². The number of hydrogen-bond donors (Lipinski definition) is 0. The van der Waals surface area contributed by atoms with Crippen LogP contribution in [0.15, 0.2) is 54.9 Å². The Hall–Kier alpha value is -2.50. The minimum absolute atomic E-state index is 0.449. The summed E-state index contributed by atoms with van der Waals surface area (Å²) in [6, 6.07) is 14.2. The van der Waals surface area contributed by atoms with Gasteiger partial charge >= 0.3 is 0 Å². The van der Waals surface area contributed by atoms with Crippen molar-refractivity contribution in [1.82, 2.24) is 19.8 Å². The molecule has 0 N–H and O–H groups in total. The molecule has 1 aliphatic rings. The fraction of sp³-hybridized carbons (Fsp3) is 0.364. The Morgan fingerprint density at radius 1 is 0.889 bits per heavy atom.